The van der Waals surface area contributed by atoms with Gasteiger partial charge in [-0.3, -0.25) is 4.90 Å². The third kappa shape index (κ3) is 7.15. The highest BCUT2D eigenvalue weighted by Gasteiger charge is 2.28. The summed E-state index contributed by atoms with van der Waals surface area (Å²) in [4.78, 5) is 39.2. The maximum absolute atomic E-state index is 13.8. The average molecular weight is 601 g/mol. The predicted octanol–water partition coefficient (Wildman–Crippen LogP) is 8.05. The van der Waals surface area contributed by atoms with Crippen LogP contribution in [-0.4, -0.2) is 40.8 Å². The monoisotopic (exact) mass is 600 g/mol. The zero-order valence-corrected chi connectivity index (χ0v) is 24.4. The number of carbonyl (C=O) groups excluding carboxylic acids is 1. The number of thiophene rings is 1. The number of urea groups is 1. The van der Waals surface area contributed by atoms with Gasteiger partial charge in [0, 0.05) is 27.9 Å². The summed E-state index contributed by atoms with van der Waals surface area (Å²) in [6.07, 6.45) is 4.91. The molecule has 1 fully saturated rings. The quantitative estimate of drug-likeness (QED) is 0.168. The van der Waals surface area contributed by atoms with Crippen molar-refractivity contribution in [2.24, 2.45) is 0 Å². The van der Waals surface area contributed by atoms with Gasteiger partial charge < -0.3 is 25.0 Å². The van der Waals surface area contributed by atoms with Gasteiger partial charge in [-0.2, -0.15) is 0 Å². The van der Waals surface area contributed by atoms with E-state index in [1.165, 1.54) is 0 Å². The molecule has 0 aliphatic heterocycles. The van der Waals surface area contributed by atoms with Crippen molar-refractivity contribution in [1.29, 1.82) is 0 Å². The zero-order valence-electron chi connectivity index (χ0n) is 23.6. The first-order valence-electron chi connectivity index (χ1n) is 14.0. The minimum atomic E-state index is -1.20. The molecule has 1 aliphatic rings. The number of benzene rings is 3. The molecule has 0 bridgehead atoms. The molecule has 0 unspecified atom stereocenters. The number of rotatable bonds is 10. The van der Waals surface area contributed by atoms with Crippen molar-refractivity contribution >= 4 is 40.7 Å². The Kier molecular flexibility index (Phi) is 9.26. The Morgan fingerprint density at radius 2 is 1.60 bits per heavy atom. The van der Waals surface area contributed by atoms with Gasteiger partial charge in [0.15, 0.2) is 11.5 Å². The molecule has 2 amide bonds. The van der Waals surface area contributed by atoms with Crippen molar-refractivity contribution in [3.8, 4) is 27.7 Å². The van der Waals surface area contributed by atoms with Crippen molar-refractivity contribution < 1.29 is 34.1 Å². The van der Waals surface area contributed by atoms with E-state index in [-0.39, 0.29) is 22.7 Å². The predicted molar refractivity (Wildman–Crippen MR) is 166 cm³/mol. The number of nitrogens with zero attached hydrogens (tertiary/aromatic N) is 1. The Bertz CT molecular complexity index is 1600. The topological polar surface area (TPSA) is 125 Å². The highest BCUT2D eigenvalue weighted by molar-refractivity contribution is 7.18. The van der Waals surface area contributed by atoms with Crippen LogP contribution in [0.25, 0.3) is 10.4 Å². The van der Waals surface area contributed by atoms with Crippen LogP contribution in [0, 0.1) is 6.92 Å². The van der Waals surface area contributed by atoms with E-state index >= 15 is 0 Å². The van der Waals surface area contributed by atoms with Crippen molar-refractivity contribution in [3.05, 3.63) is 89.3 Å². The molecule has 5 rings (SSSR count). The van der Waals surface area contributed by atoms with Gasteiger partial charge in [-0.05, 0) is 73.9 Å². The van der Waals surface area contributed by atoms with Gasteiger partial charge in [-0.25, -0.2) is 14.4 Å². The van der Waals surface area contributed by atoms with Crippen LogP contribution in [0.3, 0.4) is 0 Å². The van der Waals surface area contributed by atoms with Crippen molar-refractivity contribution in [2.45, 2.75) is 45.1 Å². The van der Waals surface area contributed by atoms with Crippen molar-refractivity contribution in [3.63, 3.8) is 0 Å². The molecule has 3 aromatic carbocycles. The number of carboxylic acids is 2. The third-order valence-electron chi connectivity index (χ3n) is 7.26. The molecule has 1 saturated carbocycles. The van der Waals surface area contributed by atoms with E-state index in [0.29, 0.717) is 33.1 Å². The molecule has 3 N–H and O–H groups in total. The van der Waals surface area contributed by atoms with Crippen molar-refractivity contribution in [1.82, 2.24) is 0 Å². The van der Waals surface area contributed by atoms with E-state index in [1.54, 1.807) is 36.1 Å². The molecule has 0 spiro atoms. The third-order valence-corrected chi connectivity index (χ3v) is 8.57. The van der Waals surface area contributed by atoms with E-state index in [1.807, 2.05) is 54.6 Å². The summed E-state index contributed by atoms with van der Waals surface area (Å²) in [5, 5.41) is 21.8. The number of ether oxygens (including phenoxy) is 2. The first-order chi connectivity index (χ1) is 20.8. The second-order valence-corrected chi connectivity index (χ2v) is 11.3. The summed E-state index contributed by atoms with van der Waals surface area (Å²) in [6.45, 7) is 1.06. The Hall–Kier alpha value is -4.83. The number of para-hydroxylation sites is 1. The number of carboxylic acid groups (broad SMARTS) is 2. The lowest BCUT2D eigenvalue weighted by Gasteiger charge is -2.34. The van der Waals surface area contributed by atoms with Gasteiger partial charge in [0.05, 0.1) is 0 Å². The molecule has 43 heavy (non-hydrogen) atoms. The summed E-state index contributed by atoms with van der Waals surface area (Å²) < 4.78 is 11.2. The highest BCUT2D eigenvalue weighted by atomic mass is 32.1. The molecule has 10 heteroatoms. The smallest absolute Gasteiger partial charge is 0.349 e. The molecule has 9 nitrogen and oxygen atoms in total. The number of nitrogens with one attached hydrogen (secondary N) is 1. The largest absolute Gasteiger partial charge is 0.480 e. The summed E-state index contributed by atoms with van der Waals surface area (Å²) in [7, 11) is 0. The summed E-state index contributed by atoms with van der Waals surface area (Å²) in [6, 6.07) is 23.8. The lowest BCUT2D eigenvalue weighted by molar-refractivity contribution is -0.139. The molecule has 4 aromatic rings. The summed E-state index contributed by atoms with van der Waals surface area (Å²) >= 11 is 1.02. The van der Waals surface area contributed by atoms with Crippen molar-refractivity contribution in [2.75, 3.05) is 16.8 Å². The van der Waals surface area contributed by atoms with E-state index < -0.39 is 18.5 Å². The molecule has 1 heterocycles. The maximum atomic E-state index is 13.8. The number of anilines is 2. The Balaban J connectivity index is 1.42. The van der Waals surface area contributed by atoms with E-state index in [4.69, 9.17) is 14.6 Å². The fraction of sp³-hybridized carbons (Fsp3) is 0.242. The first kappa shape index (κ1) is 29.7. The Labute approximate surface area is 253 Å². The van der Waals surface area contributed by atoms with Gasteiger partial charge in [-0.1, -0.05) is 49.6 Å². The van der Waals surface area contributed by atoms with Crippen LogP contribution in [0.5, 0.6) is 17.2 Å². The number of carbonyl (C=O) groups is 3. The normalized spacial score (nSPS) is 13.2. The van der Waals surface area contributed by atoms with Crippen LogP contribution in [0.4, 0.5) is 16.2 Å². The van der Waals surface area contributed by atoms with Crippen LogP contribution in [0.15, 0.2) is 78.9 Å². The van der Waals surface area contributed by atoms with Gasteiger partial charge in [0.25, 0.3) is 0 Å². The van der Waals surface area contributed by atoms with E-state index in [0.717, 1.165) is 49.2 Å². The lowest BCUT2D eigenvalue weighted by atomic mass is 9.93. The van der Waals surface area contributed by atoms with Gasteiger partial charge in [-0.15, -0.1) is 11.3 Å². The molecular formula is C33H32N2O7S. The number of amides is 2. The molecule has 0 radical (unpaired) electrons. The fourth-order valence-electron chi connectivity index (χ4n) is 5.27. The number of aromatic carboxylic acids is 1. The standard InChI is InChI=1S/C33H32N2O7S/c1-21-29(41-20-28(36)37)31(32(38)39)43-30(21)22-9-8-12-25(19-22)35(24-10-4-2-5-11-24)33(40)34-23-15-17-27(18-16-23)42-26-13-6-3-7-14-26/h3,6-9,12-19,24H,2,4-5,10-11,20H2,1H3,(H,34,40)(H,36,37)(H,38,39). The summed E-state index contributed by atoms with van der Waals surface area (Å²) in [5.74, 6) is -0.974. The summed E-state index contributed by atoms with van der Waals surface area (Å²) in [5.41, 5.74) is 2.56. The first-order valence-corrected chi connectivity index (χ1v) is 14.9. The van der Waals surface area contributed by atoms with Crippen LogP contribution in [0.1, 0.15) is 47.3 Å². The number of hydrogen-bond acceptors (Lipinski definition) is 6. The average Bonchev–Trinajstić information content (AvgIpc) is 3.34. The van der Waals surface area contributed by atoms with Gasteiger partial charge >= 0.3 is 18.0 Å². The molecule has 1 aliphatic carbocycles. The fourth-order valence-corrected chi connectivity index (χ4v) is 6.35. The minimum absolute atomic E-state index is 0.00170. The Morgan fingerprint density at radius 1 is 0.907 bits per heavy atom. The van der Waals surface area contributed by atoms with Gasteiger partial charge in [0.1, 0.15) is 17.2 Å². The Morgan fingerprint density at radius 3 is 2.28 bits per heavy atom. The van der Waals surface area contributed by atoms with E-state index in [2.05, 4.69) is 5.32 Å². The highest BCUT2D eigenvalue weighted by Crippen LogP contribution is 2.42. The molecule has 1 aromatic heterocycles. The second kappa shape index (κ2) is 13.4. The van der Waals surface area contributed by atoms with Crippen LogP contribution < -0.4 is 19.7 Å². The SMILES string of the molecule is Cc1c(-c2cccc(N(C(=O)Nc3ccc(Oc4ccccc4)cc3)C3CCCCC3)c2)sc(C(=O)O)c1OCC(=O)O. The molecule has 222 valence electrons. The second-order valence-electron chi connectivity index (χ2n) is 10.3. The molecule has 0 atom stereocenters. The van der Waals surface area contributed by atoms with Gasteiger partial charge in [0.2, 0.25) is 0 Å². The molecule has 0 saturated heterocycles. The minimum Gasteiger partial charge on any atom is -0.480 e. The van der Waals surface area contributed by atoms with E-state index in [9.17, 15) is 19.5 Å². The molecular weight excluding hydrogens is 568 g/mol. The van der Waals surface area contributed by atoms with Crippen LogP contribution >= 0.6 is 11.3 Å². The van der Waals surface area contributed by atoms with Crippen LogP contribution in [-0.2, 0) is 4.79 Å². The van der Waals surface area contributed by atoms with Crippen LogP contribution in [0.2, 0.25) is 0 Å². The number of aliphatic carboxylic acids is 1. The lowest BCUT2D eigenvalue weighted by Crippen LogP contribution is -2.44. The zero-order chi connectivity index (χ0) is 30.3. The maximum Gasteiger partial charge on any atom is 0.349 e. The number of hydrogen-bond donors (Lipinski definition) is 3.